The Morgan fingerprint density at radius 3 is 2.79 bits per heavy atom. The molecule has 0 radical (unpaired) electrons. The number of nitrogens with one attached hydrogen (secondary N) is 1. The predicted octanol–water partition coefficient (Wildman–Crippen LogP) is 0.568. The molecule has 19 heavy (non-hydrogen) atoms. The van der Waals surface area contributed by atoms with E-state index in [1.807, 2.05) is 0 Å². The number of fused-ring (bicyclic) bond motifs is 2. The molecule has 2 bridgehead atoms. The highest BCUT2D eigenvalue weighted by Gasteiger charge is 2.44. The summed E-state index contributed by atoms with van der Waals surface area (Å²) >= 11 is 0. The van der Waals surface area contributed by atoms with Gasteiger partial charge >= 0.3 is 0 Å². The zero-order chi connectivity index (χ0) is 13.5. The van der Waals surface area contributed by atoms with Gasteiger partial charge in [0.15, 0.2) is 0 Å². The average Bonchev–Trinajstić information content (AvgIpc) is 2.38. The van der Waals surface area contributed by atoms with E-state index in [1.165, 1.54) is 13.2 Å². The third-order valence-electron chi connectivity index (χ3n) is 3.79. The van der Waals surface area contributed by atoms with Gasteiger partial charge in [-0.25, -0.2) is 9.37 Å². The summed E-state index contributed by atoms with van der Waals surface area (Å²) in [4.78, 5) is 3.90. The first-order valence-electron chi connectivity index (χ1n) is 6.37. The van der Waals surface area contributed by atoms with Gasteiger partial charge in [0.2, 0.25) is 5.88 Å². The van der Waals surface area contributed by atoms with Crippen LogP contribution >= 0.6 is 0 Å². The van der Waals surface area contributed by atoms with E-state index in [4.69, 9.17) is 9.47 Å². The Hall–Kier alpha value is -1.24. The van der Waals surface area contributed by atoms with Gasteiger partial charge in [-0.15, -0.1) is 0 Å². The molecule has 104 valence electrons. The van der Waals surface area contributed by atoms with Gasteiger partial charge in [0.05, 0.1) is 32.1 Å². The van der Waals surface area contributed by atoms with Gasteiger partial charge in [-0.05, 0) is 18.9 Å². The summed E-state index contributed by atoms with van der Waals surface area (Å²) < 4.78 is 24.0. The zero-order valence-electron chi connectivity index (χ0n) is 10.7. The van der Waals surface area contributed by atoms with Crippen molar-refractivity contribution in [2.75, 3.05) is 20.3 Å². The fourth-order valence-electron chi connectivity index (χ4n) is 3.06. The number of rotatable bonds is 2. The minimum Gasteiger partial charge on any atom is -0.481 e. The molecule has 2 saturated heterocycles. The first-order chi connectivity index (χ1) is 9.10. The average molecular weight is 268 g/mol. The molecule has 1 aromatic heterocycles. The summed E-state index contributed by atoms with van der Waals surface area (Å²) in [7, 11) is 1.47. The SMILES string of the molecule is COc1ncc(F)cc1C1(O)CC2COCC(C1)N2. The fraction of sp³-hybridized carbons (Fsp3) is 0.615. The van der Waals surface area contributed by atoms with E-state index in [0.29, 0.717) is 31.6 Å². The molecule has 6 heteroatoms. The number of aromatic nitrogens is 1. The van der Waals surface area contributed by atoms with Crippen molar-refractivity contribution in [3.63, 3.8) is 0 Å². The van der Waals surface area contributed by atoms with Gasteiger partial charge in [0.25, 0.3) is 0 Å². The second-order valence-electron chi connectivity index (χ2n) is 5.25. The molecule has 2 aliphatic rings. The van der Waals surface area contributed by atoms with Crippen molar-refractivity contribution in [2.24, 2.45) is 0 Å². The highest BCUT2D eigenvalue weighted by molar-refractivity contribution is 5.33. The Bertz CT molecular complexity index is 471. The Morgan fingerprint density at radius 1 is 1.47 bits per heavy atom. The van der Waals surface area contributed by atoms with Crippen molar-refractivity contribution in [1.29, 1.82) is 0 Å². The second-order valence-corrected chi connectivity index (χ2v) is 5.25. The minimum absolute atomic E-state index is 0.0745. The number of ether oxygens (including phenoxy) is 2. The van der Waals surface area contributed by atoms with Crippen molar-refractivity contribution in [3.05, 3.63) is 23.6 Å². The van der Waals surface area contributed by atoms with E-state index < -0.39 is 11.4 Å². The second kappa shape index (κ2) is 4.70. The third kappa shape index (κ3) is 2.31. The van der Waals surface area contributed by atoms with Crippen molar-refractivity contribution in [3.8, 4) is 5.88 Å². The molecule has 5 nitrogen and oxygen atoms in total. The summed E-state index contributed by atoms with van der Waals surface area (Å²) in [6, 6.07) is 1.46. The highest BCUT2D eigenvalue weighted by Crippen LogP contribution is 2.40. The Labute approximate surface area is 110 Å². The van der Waals surface area contributed by atoms with Crippen LogP contribution in [-0.4, -0.2) is 42.5 Å². The lowest BCUT2D eigenvalue weighted by atomic mass is 9.78. The zero-order valence-corrected chi connectivity index (χ0v) is 10.7. The van der Waals surface area contributed by atoms with Crippen LogP contribution in [0.1, 0.15) is 18.4 Å². The molecule has 0 spiro atoms. The molecule has 3 heterocycles. The maximum absolute atomic E-state index is 13.4. The molecule has 2 unspecified atom stereocenters. The van der Waals surface area contributed by atoms with E-state index in [0.717, 1.165) is 6.20 Å². The maximum atomic E-state index is 13.4. The topological polar surface area (TPSA) is 63.6 Å². The van der Waals surface area contributed by atoms with E-state index in [1.54, 1.807) is 0 Å². The number of hydrogen-bond acceptors (Lipinski definition) is 5. The van der Waals surface area contributed by atoms with Gasteiger partial charge in [0.1, 0.15) is 5.82 Å². The smallest absolute Gasteiger partial charge is 0.219 e. The van der Waals surface area contributed by atoms with Crippen molar-refractivity contribution in [2.45, 2.75) is 30.5 Å². The van der Waals surface area contributed by atoms with Gasteiger partial charge in [-0.2, -0.15) is 0 Å². The fourth-order valence-corrected chi connectivity index (χ4v) is 3.06. The van der Waals surface area contributed by atoms with Crippen LogP contribution in [0.4, 0.5) is 4.39 Å². The minimum atomic E-state index is -1.12. The van der Waals surface area contributed by atoms with E-state index in [2.05, 4.69) is 10.3 Å². The molecule has 0 aliphatic carbocycles. The van der Waals surface area contributed by atoms with E-state index in [9.17, 15) is 9.50 Å². The van der Waals surface area contributed by atoms with Crippen LogP contribution in [0.3, 0.4) is 0 Å². The largest absolute Gasteiger partial charge is 0.481 e. The summed E-state index contributed by atoms with van der Waals surface area (Å²) in [5.41, 5.74) is -0.696. The van der Waals surface area contributed by atoms with Crippen LogP contribution in [0.15, 0.2) is 12.3 Å². The standard InChI is InChI=1S/C13H17FN2O3/c1-18-12-11(2-8(14)5-15-12)13(17)3-9-6-19-7-10(4-13)16-9/h2,5,9-10,16-17H,3-4,6-7H2,1H3. The lowest BCUT2D eigenvalue weighted by Crippen LogP contribution is -2.58. The van der Waals surface area contributed by atoms with Crippen molar-refractivity contribution < 1.29 is 19.0 Å². The number of nitrogens with zero attached hydrogens (tertiary/aromatic N) is 1. The van der Waals surface area contributed by atoms with Gasteiger partial charge in [-0.3, -0.25) is 0 Å². The van der Waals surface area contributed by atoms with Crippen LogP contribution in [0.5, 0.6) is 5.88 Å². The van der Waals surface area contributed by atoms with Crippen LogP contribution in [0.2, 0.25) is 0 Å². The van der Waals surface area contributed by atoms with Crippen LogP contribution < -0.4 is 10.1 Å². The molecular weight excluding hydrogens is 251 g/mol. The summed E-state index contributed by atoms with van der Waals surface area (Å²) in [6.07, 6.45) is 2.02. The molecule has 1 aromatic rings. The number of halogens is 1. The number of pyridine rings is 1. The van der Waals surface area contributed by atoms with Crippen LogP contribution in [0, 0.1) is 5.82 Å². The number of methoxy groups -OCH3 is 1. The summed E-state index contributed by atoms with van der Waals surface area (Å²) in [5, 5.41) is 14.3. The molecule has 2 aliphatic heterocycles. The summed E-state index contributed by atoms with van der Waals surface area (Å²) in [5.74, 6) is -0.186. The number of aliphatic hydroxyl groups is 1. The number of hydrogen-bond donors (Lipinski definition) is 2. The quantitative estimate of drug-likeness (QED) is 0.821. The Balaban J connectivity index is 1.97. The van der Waals surface area contributed by atoms with Gasteiger partial charge in [-0.1, -0.05) is 0 Å². The van der Waals surface area contributed by atoms with Crippen LogP contribution in [0.25, 0.3) is 0 Å². The maximum Gasteiger partial charge on any atom is 0.219 e. The predicted molar refractivity (Wildman–Crippen MR) is 65.4 cm³/mol. The Morgan fingerprint density at radius 2 is 2.16 bits per heavy atom. The first kappa shape index (κ1) is 12.8. The lowest BCUT2D eigenvalue weighted by molar-refractivity contribution is -0.0814. The number of piperidine rings is 1. The monoisotopic (exact) mass is 268 g/mol. The van der Waals surface area contributed by atoms with Crippen molar-refractivity contribution >= 4 is 0 Å². The van der Waals surface area contributed by atoms with E-state index >= 15 is 0 Å². The molecule has 2 atom stereocenters. The molecule has 0 amide bonds. The van der Waals surface area contributed by atoms with E-state index in [-0.39, 0.29) is 18.0 Å². The molecule has 0 aromatic carbocycles. The lowest BCUT2D eigenvalue weighted by Gasteiger charge is -2.45. The third-order valence-corrected chi connectivity index (χ3v) is 3.79. The summed E-state index contributed by atoms with van der Waals surface area (Å²) in [6.45, 7) is 1.12. The molecule has 0 saturated carbocycles. The normalized spacial score (nSPS) is 34.1. The van der Waals surface area contributed by atoms with Crippen LogP contribution in [-0.2, 0) is 10.3 Å². The first-order valence-corrected chi connectivity index (χ1v) is 6.37. The highest BCUT2D eigenvalue weighted by atomic mass is 19.1. The van der Waals surface area contributed by atoms with Crippen molar-refractivity contribution in [1.82, 2.24) is 10.3 Å². The molecule has 2 N–H and O–H groups in total. The number of morpholine rings is 1. The van der Waals surface area contributed by atoms with Gasteiger partial charge in [0, 0.05) is 17.6 Å². The molecule has 3 rings (SSSR count). The molecular formula is C13H17FN2O3. The van der Waals surface area contributed by atoms with Gasteiger partial charge < -0.3 is 19.9 Å². The Kier molecular flexibility index (Phi) is 3.16. The molecule has 2 fully saturated rings.